The fourth-order valence-electron chi connectivity index (χ4n) is 1.59. The molecule has 2 aromatic heterocycles. The van der Waals surface area contributed by atoms with Gasteiger partial charge in [-0.05, 0) is 25.1 Å². The van der Waals surface area contributed by atoms with E-state index in [2.05, 4.69) is 15.4 Å². The second-order valence-electron chi connectivity index (χ2n) is 3.87. The first-order valence-corrected chi connectivity index (χ1v) is 5.57. The zero-order valence-electron chi connectivity index (χ0n) is 10.1. The lowest BCUT2D eigenvalue weighted by Gasteiger charge is -2.14. The number of carbonyl (C=O) groups is 2. The summed E-state index contributed by atoms with van der Waals surface area (Å²) in [5.74, 6) is -1.47. The van der Waals surface area contributed by atoms with Crippen LogP contribution in [0.4, 0.5) is 5.69 Å². The lowest BCUT2D eigenvalue weighted by atomic mass is 10.3. The monoisotopic (exact) mass is 260 g/mol. The van der Waals surface area contributed by atoms with E-state index in [1.807, 2.05) is 0 Å². The minimum absolute atomic E-state index is 0.0302. The molecule has 0 aliphatic rings. The highest BCUT2D eigenvalue weighted by Gasteiger charge is 2.21. The van der Waals surface area contributed by atoms with E-state index in [0.717, 1.165) is 0 Å². The first kappa shape index (κ1) is 12.7. The highest BCUT2D eigenvalue weighted by molar-refractivity contribution is 5.94. The van der Waals surface area contributed by atoms with Gasteiger partial charge in [0.05, 0.1) is 0 Å². The number of aromatic carboxylic acids is 1. The van der Waals surface area contributed by atoms with Gasteiger partial charge in [-0.15, -0.1) is 0 Å². The summed E-state index contributed by atoms with van der Waals surface area (Å²) in [5, 5.41) is 15.5. The summed E-state index contributed by atoms with van der Waals surface area (Å²) < 4.78 is 1.17. The summed E-state index contributed by atoms with van der Waals surface area (Å²) in [6.45, 7) is 1.58. The topological polar surface area (TPSA) is 97.1 Å². The molecule has 0 aliphatic heterocycles. The average Bonchev–Trinajstić information content (AvgIpc) is 2.88. The van der Waals surface area contributed by atoms with Crippen molar-refractivity contribution in [2.45, 2.75) is 13.0 Å². The van der Waals surface area contributed by atoms with Crippen molar-refractivity contribution in [3.8, 4) is 0 Å². The summed E-state index contributed by atoms with van der Waals surface area (Å²) in [6, 6.07) is 3.91. The molecule has 2 heterocycles. The number of nitrogens with one attached hydrogen (secondary N) is 1. The highest BCUT2D eigenvalue weighted by Crippen LogP contribution is 2.12. The molecule has 0 saturated carbocycles. The lowest BCUT2D eigenvalue weighted by Crippen LogP contribution is -2.26. The molecule has 1 atom stereocenters. The Hall–Kier alpha value is -2.70. The first-order chi connectivity index (χ1) is 9.09. The fraction of sp³-hybridized carbons (Fsp3) is 0.167. The Morgan fingerprint density at radius 3 is 2.58 bits per heavy atom. The van der Waals surface area contributed by atoms with E-state index in [-0.39, 0.29) is 11.6 Å². The van der Waals surface area contributed by atoms with Crippen LogP contribution < -0.4 is 5.32 Å². The van der Waals surface area contributed by atoms with Gasteiger partial charge in [-0.2, -0.15) is 5.10 Å². The molecule has 1 unspecified atom stereocenters. The van der Waals surface area contributed by atoms with Crippen LogP contribution >= 0.6 is 0 Å². The lowest BCUT2D eigenvalue weighted by molar-refractivity contribution is -0.119. The Morgan fingerprint density at radius 1 is 1.26 bits per heavy atom. The number of carboxylic acid groups (broad SMARTS) is 1. The number of anilines is 1. The van der Waals surface area contributed by atoms with Gasteiger partial charge in [0.2, 0.25) is 5.91 Å². The van der Waals surface area contributed by atoms with E-state index in [9.17, 15) is 9.59 Å². The number of nitrogens with zero attached hydrogens (tertiary/aromatic N) is 3. The van der Waals surface area contributed by atoms with E-state index in [1.54, 1.807) is 31.5 Å². The minimum atomic E-state index is -1.12. The number of carbonyl (C=O) groups excluding carboxylic acids is 1. The van der Waals surface area contributed by atoms with Crippen LogP contribution in [0.2, 0.25) is 0 Å². The number of aromatic nitrogens is 3. The van der Waals surface area contributed by atoms with Crippen molar-refractivity contribution in [1.82, 2.24) is 14.8 Å². The van der Waals surface area contributed by atoms with E-state index in [0.29, 0.717) is 5.69 Å². The predicted molar refractivity (Wildman–Crippen MR) is 66.8 cm³/mol. The molecule has 0 saturated heterocycles. The predicted octanol–water partition coefficient (Wildman–Crippen LogP) is 1.18. The van der Waals surface area contributed by atoms with Crippen LogP contribution in [0.25, 0.3) is 0 Å². The van der Waals surface area contributed by atoms with Gasteiger partial charge < -0.3 is 10.4 Å². The molecule has 0 aliphatic carbocycles. The molecular formula is C12H12N4O3. The second-order valence-corrected chi connectivity index (χ2v) is 3.87. The van der Waals surface area contributed by atoms with Crippen molar-refractivity contribution in [1.29, 1.82) is 0 Å². The van der Waals surface area contributed by atoms with Gasteiger partial charge in [-0.3, -0.25) is 9.78 Å². The van der Waals surface area contributed by atoms with Gasteiger partial charge in [0.15, 0.2) is 0 Å². The Kier molecular flexibility index (Phi) is 3.56. The van der Waals surface area contributed by atoms with E-state index < -0.39 is 12.0 Å². The average molecular weight is 260 g/mol. The Balaban J connectivity index is 2.15. The van der Waals surface area contributed by atoms with Gasteiger partial charge in [0.25, 0.3) is 0 Å². The largest absolute Gasteiger partial charge is 0.477 e. The van der Waals surface area contributed by atoms with E-state index >= 15 is 0 Å². The van der Waals surface area contributed by atoms with Gasteiger partial charge in [-0.1, -0.05) is 0 Å². The van der Waals surface area contributed by atoms with Crippen molar-refractivity contribution in [3.63, 3.8) is 0 Å². The van der Waals surface area contributed by atoms with Gasteiger partial charge in [0, 0.05) is 24.3 Å². The number of hydrogen-bond donors (Lipinski definition) is 2. The third kappa shape index (κ3) is 2.76. The normalized spacial score (nSPS) is 11.8. The molecule has 0 spiro atoms. The van der Waals surface area contributed by atoms with Crippen molar-refractivity contribution in [3.05, 3.63) is 42.5 Å². The van der Waals surface area contributed by atoms with Crippen LogP contribution in [0.15, 0.2) is 36.8 Å². The maximum absolute atomic E-state index is 12.0. The van der Waals surface area contributed by atoms with E-state index in [4.69, 9.17) is 5.11 Å². The SMILES string of the molecule is CC(C(=O)Nc1ccncc1)n1nccc1C(=O)O. The zero-order chi connectivity index (χ0) is 13.8. The molecular weight excluding hydrogens is 248 g/mol. The number of pyridine rings is 1. The van der Waals surface area contributed by atoms with Crippen molar-refractivity contribution < 1.29 is 14.7 Å². The number of hydrogen-bond acceptors (Lipinski definition) is 4. The standard InChI is InChI=1S/C12H12N4O3/c1-8(16-10(12(18)19)4-7-14-16)11(17)15-9-2-5-13-6-3-9/h2-8H,1H3,(H,18,19)(H,13,15,17). The van der Waals surface area contributed by atoms with Crippen LogP contribution in [-0.4, -0.2) is 31.7 Å². The summed E-state index contributed by atoms with van der Waals surface area (Å²) in [5.41, 5.74) is 0.563. The molecule has 1 amide bonds. The third-order valence-electron chi connectivity index (χ3n) is 2.58. The molecule has 2 aromatic rings. The fourth-order valence-corrected chi connectivity index (χ4v) is 1.59. The Bertz CT molecular complexity index is 594. The first-order valence-electron chi connectivity index (χ1n) is 5.57. The molecule has 0 radical (unpaired) electrons. The van der Waals surface area contributed by atoms with E-state index in [1.165, 1.54) is 16.9 Å². The molecule has 19 heavy (non-hydrogen) atoms. The number of amides is 1. The van der Waals surface area contributed by atoms with Gasteiger partial charge in [-0.25, -0.2) is 9.48 Å². The molecule has 2 N–H and O–H groups in total. The zero-order valence-corrected chi connectivity index (χ0v) is 10.1. The van der Waals surface area contributed by atoms with Crippen LogP contribution in [0.5, 0.6) is 0 Å². The van der Waals surface area contributed by atoms with Crippen LogP contribution in [0.3, 0.4) is 0 Å². The second kappa shape index (κ2) is 5.30. The molecule has 7 nitrogen and oxygen atoms in total. The molecule has 0 bridgehead atoms. The van der Waals surface area contributed by atoms with Crippen LogP contribution in [0, 0.1) is 0 Å². The number of rotatable bonds is 4. The summed E-state index contributed by atoms with van der Waals surface area (Å²) in [4.78, 5) is 26.8. The summed E-state index contributed by atoms with van der Waals surface area (Å²) in [7, 11) is 0. The van der Waals surface area contributed by atoms with Crippen molar-refractivity contribution in [2.75, 3.05) is 5.32 Å². The number of carboxylic acids is 1. The summed E-state index contributed by atoms with van der Waals surface area (Å²) >= 11 is 0. The quantitative estimate of drug-likeness (QED) is 0.860. The van der Waals surface area contributed by atoms with Gasteiger partial charge >= 0.3 is 5.97 Å². The molecule has 0 fully saturated rings. The van der Waals surface area contributed by atoms with Crippen molar-refractivity contribution >= 4 is 17.6 Å². The highest BCUT2D eigenvalue weighted by atomic mass is 16.4. The summed E-state index contributed by atoms with van der Waals surface area (Å²) in [6.07, 6.45) is 4.45. The van der Waals surface area contributed by atoms with Crippen LogP contribution in [0.1, 0.15) is 23.5 Å². The molecule has 98 valence electrons. The van der Waals surface area contributed by atoms with Crippen LogP contribution in [-0.2, 0) is 4.79 Å². The molecule has 0 aromatic carbocycles. The molecule has 2 rings (SSSR count). The Morgan fingerprint density at radius 2 is 1.95 bits per heavy atom. The van der Waals surface area contributed by atoms with Crippen molar-refractivity contribution in [2.24, 2.45) is 0 Å². The van der Waals surface area contributed by atoms with Gasteiger partial charge in [0.1, 0.15) is 11.7 Å². The third-order valence-corrected chi connectivity index (χ3v) is 2.58. The Labute approximate surface area is 108 Å². The maximum Gasteiger partial charge on any atom is 0.354 e. The maximum atomic E-state index is 12.0. The smallest absolute Gasteiger partial charge is 0.354 e. The minimum Gasteiger partial charge on any atom is -0.477 e. The molecule has 7 heteroatoms.